The first-order chi connectivity index (χ1) is 18.0. The third-order valence-corrected chi connectivity index (χ3v) is 9.53. The number of ether oxygens (including phenoxy) is 5. The van der Waals surface area contributed by atoms with Crippen LogP contribution in [0.3, 0.4) is 0 Å². The fraction of sp³-hybridized carbons (Fsp3) is 0.690. The number of rotatable bonds is 1. The van der Waals surface area contributed by atoms with Crippen LogP contribution in [-0.4, -0.2) is 78.8 Å². The van der Waals surface area contributed by atoms with Crippen molar-refractivity contribution < 1.29 is 43.2 Å². The molecule has 3 heterocycles. The predicted molar refractivity (Wildman–Crippen MR) is 135 cm³/mol. The van der Waals surface area contributed by atoms with Gasteiger partial charge < -0.3 is 28.8 Å². The van der Waals surface area contributed by atoms with Crippen LogP contribution in [0, 0.1) is 16.7 Å². The zero-order valence-corrected chi connectivity index (χ0v) is 22.5. The number of aliphatic hydroxyl groups is 1. The molecule has 2 spiro atoms. The Kier molecular flexibility index (Phi) is 7.18. The Bertz CT molecular complexity index is 1070. The van der Waals surface area contributed by atoms with E-state index in [0.29, 0.717) is 19.4 Å². The molecule has 38 heavy (non-hydrogen) atoms. The molecular weight excluding hydrogens is 492 g/mol. The number of aliphatic hydroxyl groups excluding tert-OH is 1. The van der Waals surface area contributed by atoms with Crippen LogP contribution < -0.4 is 0 Å². The number of carbonyl (C=O) groups excluding carboxylic acids is 3. The molecule has 3 aliphatic heterocycles. The van der Waals surface area contributed by atoms with Crippen molar-refractivity contribution in [2.24, 2.45) is 16.7 Å². The van der Waals surface area contributed by atoms with Gasteiger partial charge in [0, 0.05) is 23.8 Å². The molecule has 1 N–H and O–H groups in total. The van der Waals surface area contributed by atoms with Crippen molar-refractivity contribution in [3.63, 3.8) is 0 Å². The van der Waals surface area contributed by atoms with Gasteiger partial charge in [-0.05, 0) is 26.7 Å². The zero-order valence-electron chi connectivity index (χ0n) is 22.5. The van der Waals surface area contributed by atoms with Crippen molar-refractivity contribution in [1.82, 2.24) is 0 Å². The minimum atomic E-state index is -0.880. The summed E-state index contributed by atoms with van der Waals surface area (Å²) in [4.78, 5) is 38.6. The van der Waals surface area contributed by atoms with Gasteiger partial charge in [-0.15, -0.1) is 0 Å². The zero-order chi connectivity index (χ0) is 27.3. The van der Waals surface area contributed by atoms with E-state index in [1.165, 1.54) is 17.7 Å². The highest BCUT2D eigenvalue weighted by Gasteiger charge is 2.83. The summed E-state index contributed by atoms with van der Waals surface area (Å²) in [5.74, 6) is -1.85. The summed E-state index contributed by atoms with van der Waals surface area (Å²) >= 11 is 0. The van der Waals surface area contributed by atoms with Gasteiger partial charge in [0.25, 0.3) is 0 Å². The second kappa shape index (κ2) is 10.0. The van der Waals surface area contributed by atoms with Gasteiger partial charge in [-0.2, -0.15) is 0 Å². The summed E-state index contributed by atoms with van der Waals surface area (Å²) in [6, 6.07) is 0. The largest absolute Gasteiger partial charge is 0.465 e. The third kappa shape index (κ3) is 4.37. The number of hydrogen-bond donors (Lipinski definition) is 1. The Morgan fingerprint density at radius 3 is 2.61 bits per heavy atom. The van der Waals surface area contributed by atoms with E-state index in [4.69, 9.17) is 23.7 Å². The molecular formula is C29H38O9. The molecule has 0 amide bonds. The average Bonchev–Trinajstić information content (AvgIpc) is 3.64. The van der Waals surface area contributed by atoms with Crippen LogP contribution in [0.15, 0.2) is 36.0 Å². The summed E-state index contributed by atoms with van der Waals surface area (Å²) < 4.78 is 30.3. The molecule has 2 saturated heterocycles. The van der Waals surface area contributed by atoms with Crippen molar-refractivity contribution in [2.75, 3.05) is 19.8 Å². The van der Waals surface area contributed by atoms with Crippen molar-refractivity contribution in [1.29, 1.82) is 0 Å². The fourth-order valence-electron chi connectivity index (χ4n) is 6.93. The number of allylic oxidation sites excluding steroid dienone is 3. The Hall–Kier alpha value is -2.33. The molecule has 0 aromatic carbocycles. The van der Waals surface area contributed by atoms with Gasteiger partial charge in [0.15, 0.2) is 5.78 Å². The molecule has 9 atom stereocenters. The molecule has 3 fully saturated rings. The molecule has 5 aliphatic rings. The van der Waals surface area contributed by atoms with Crippen molar-refractivity contribution in [2.45, 2.75) is 89.5 Å². The molecule has 0 aromatic heterocycles. The number of ketones is 1. The summed E-state index contributed by atoms with van der Waals surface area (Å²) in [5, 5.41) is 10.0. The maximum absolute atomic E-state index is 13.0. The second-order valence-corrected chi connectivity index (χ2v) is 11.7. The first-order valence-corrected chi connectivity index (χ1v) is 13.5. The minimum absolute atomic E-state index is 0.0722. The van der Waals surface area contributed by atoms with E-state index in [9.17, 15) is 19.5 Å². The van der Waals surface area contributed by atoms with Gasteiger partial charge in [0.1, 0.15) is 31.0 Å². The minimum Gasteiger partial charge on any atom is -0.465 e. The lowest BCUT2D eigenvalue weighted by Gasteiger charge is -2.58. The summed E-state index contributed by atoms with van der Waals surface area (Å²) in [7, 11) is 0. The molecule has 5 rings (SSSR count). The van der Waals surface area contributed by atoms with Crippen LogP contribution in [0.2, 0.25) is 0 Å². The SMILES string of the molecule is CC1=C[C@H]2O[C@@H]3C[C@H]4OC(=O)/C=C\C=C\[C@H]([C@H](C)O)OCC(=O)[C@H](C)CC(=O)OC[C@@]2(CC1)[C@]4(C)[C@]31CO1. The van der Waals surface area contributed by atoms with Gasteiger partial charge in [0.2, 0.25) is 0 Å². The molecule has 2 aliphatic carbocycles. The molecule has 0 aromatic rings. The standard InChI is InChI=1S/C29H38O9/c1-17-9-10-28-15-35-26(33)12-18(2)20(31)14-34-21(19(3)30)7-5-6-8-25(32)38-22-13-24(37-23(28)11-17)29(16-36-29)27(22,28)4/h5-8,11,18-19,21-24,30H,9-10,12-16H2,1-4H3/b7-5+,8-6-/t18-,19+,21-,22-,23-,24-,27-,28-,29+/m1/s1. The van der Waals surface area contributed by atoms with Gasteiger partial charge in [-0.25, -0.2) is 4.79 Å². The fourth-order valence-corrected chi connectivity index (χ4v) is 6.93. The van der Waals surface area contributed by atoms with E-state index in [-0.39, 0.29) is 37.6 Å². The first-order valence-electron chi connectivity index (χ1n) is 13.5. The van der Waals surface area contributed by atoms with Crippen LogP contribution >= 0.6 is 0 Å². The lowest BCUT2D eigenvalue weighted by atomic mass is 9.51. The maximum atomic E-state index is 13.0. The average molecular weight is 531 g/mol. The topological polar surface area (TPSA) is 121 Å². The highest BCUT2D eigenvalue weighted by Crippen LogP contribution is 2.72. The van der Waals surface area contributed by atoms with Crippen LogP contribution in [0.5, 0.6) is 0 Å². The molecule has 2 bridgehead atoms. The molecule has 208 valence electrons. The Balaban J connectivity index is 1.50. The van der Waals surface area contributed by atoms with Gasteiger partial charge in [-0.1, -0.05) is 43.7 Å². The Morgan fingerprint density at radius 1 is 1.13 bits per heavy atom. The molecule has 0 unspecified atom stereocenters. The first kappa shape index (κ1) is 27.2. The third-order valence-electron chi connectivity index (χ3n) is 9.53. The number of carbonyl (C=O) groups is 3. The van der Waals surface area contributed by atoms with E-state index in [2.05, 4.69) is 19.9 Å². The Labute approximate surface area is 223 Å². The molecule has 9 nitrogen and oxygen atoms in total. The number of esters is 2. The quantitative estimate of drug-likeness (QED) is 0.310. The van der Waals surface area contributed by atoms with E-state index in [0.717, 1.165) is 6.42 Å². The van der Waals surface area contributed by atoms with E-state index in [1.807, 2.05) is 0 Å². The monoisotopic (exact) mass is 530 g/mol. The van der Waals surface area contributed by atoms with Gasteiger partial charge in [0.05, 0.1) is 36.8 Å². The van der Waals surface area contributed by atoms with E-state index < -0.39 is 52.6 Å². The Morgan fingerprint density at radius 2 is 1.89 bits per heavy atom. The lowest BCUT2D eigenvalue weighted by molar-refractivity contribution is -0.233. The second-order valence-electron chi connectivity index (χ2n) is 11.7. The van der Waals surface area contributed by atoms with Crippen LogP contribution in [0.25, 0.3) is 0 Å². The summed E-state index contributed by atoms with van der Waals surface area (Å²) in [6.07, 6.45) is 7.35. The smallest absolute Gasteiger partial charge is 0.331 e. The molecule has 9 heteroatoms. The number of Topliss-reactive ketones (excluding diaryl/α,β-unsaturated/α-hetero) is 1. The van der Waals surface area contributed by atoms with Crippen LogP contribution in [-0.2, 0) is 38.1 Å². The molecule has 1 saturated carbocycles. The normalized spacial score (nSPS) is 46.1. The van der Waals surface area contributed by atoms with Crippen LogP contribution in [0.1, 0.15) is 53.4 Å². The molecule has 0 radical (unpaired) electrons. The van der Waals surface area contributed by atoms with Gasteiger partial charge in [-0.3, -0.25) is 9.59 Å². The number of hydrogen-bond acceptors (Lipinski definition) is 9. The summed E-state index contributed by atoms with van der Waals surface area (Å²) in [6.45, 7) is 7.69. The highest BCUT2D eigenvalue weighted by molar-refractivity contribution is 5.86. The van der Waals surface area contributed by atoms with Crippen LogP contribution in [0.4, 0.5) is 0 Å². The van der Waals surface area contributed by atoms with Crippen molar-refractivity contribution in [3.05, 3.63) is 36.0 Å². The maximum Gasteiger partial charge on any atom is 0.331 e. The van der Waals surface area contributed by atoms with E-state index in [1.54, 1.807) is 26.0 Å². The van der Waals surface area contributed by atoms with E-state index >= 15 is 0 Å². The number of cyclic esters (lactones) is 1. The van der Waals surface area contributed by atoms with Crippen molar-refractivity contribution in [3.8, 4) is 0 Å². The number of epoxide rings is 1. The highest BCUT2D eigenvalue weighted by atomic mass is 16.6. The van der Waals surface area contributed by atoms with Gasteiger partial charge >= 0.3 is 11.9 Å². The predicted octanol–water partition coefficient (Wildman–Crippen LogP) is 2.60. The summed E-state index contributed by atoms with van der Waals surface area (Å²) in [5.41, 5.74) is -0.704. The van der Waals surface area contributed by atoms with Crippen molar-refractivity contribution >= 4 is 17.7 Å². The lowest BCUT2D eigenvalue weighted by Crippen LogP contribution is -2.66.